The van der Waals surface area contributed by atoms with Gasteiger partial charge in [-0.25, -0.2) is 0 Å². The largest absolute Gasteiger partial charge is 0.330 e. The predicted octanol–water partition coefficient (Wildman–Crippen LogP) is 8.37. The molecule has 4 nitrogen and oxygen atoms in total. The summed E-state index contributed by atoms with van der Waals surface area (Å²) in [4.78, 5) is 0. The van der Waals surface area contributed by atoms with E-state index >= 15 is 0 Å². The molecule has 0 aromatic rings. The van der Waals surface area contributed by atoms with Crippen molar-refractivity contribution in [2.75, 3.05) is 26.4 Å². The lowest BCUT2D eigenvalue weighted by molar-refractivity contribution is -0.407. The van der Waals surface area contributed by atoms with Crippen LogP contribution in [0.2, 0.25) is 0 Å². The van der Waals surface area contributed by atoms with Crippen molar-refractivity contribution >= 4 is 0 Å². The summed E-state index contributed by atoms with van der Waals surface area (Å²) in [5.74, 6) is -0.561. The maximum absolute atomic E-state index is 6.53. The van der Waals surface area contributed by atoms with Gasteiger partial charge < -0.3 is 19.9 Å². The molecule has 4 heteroatoms. The van der Waals surface area contributed by atoms with Crippen LogP contribution >= 0.6 is 0 Å². The Labute approximate surface area is 201 Å². The standard InChI is InChI=1S/C28H59NO3/c1-5-9-13-14-15-18-21-27(22-19-16-17-20-23-29)28(30-24-10-6-2,31-25-11-7-3)32-26-12-8-4/h27H,5-26,29H2,1-4H3. The Balaban J connectivity index is 5.29. The molecule has 0 spiro atoms. The van der Waals surface area contributed by atoms with Gasteiger partial charge in [0, 0.05) is 5.92 Å². The first-order chi connectivity index (χ1) is 15.7. The van der Waals surface area contributed by atoms with E-state index in [-0.39, 0.29) is 0 Å². The molecule has 0 fully saturated rings. The zero-order valence-electron chi connectivity index (χ0n) is 22.4. The molecule has 0 amide bonds. The van der Waals surface area contributed by atoms with Crippen LogP contribution in [0.25, 0.3) is 0 Å². The highest BCUT2D eigenvalue weighted by Gasteiger charge is 2.42. The van der Waals surface area contributed by atoms with Crippen LogP contribution in [0.5, 0.6) is 0 Å². The van der Waals surface area contributed by atoms with Gasteiger partial charge in [-0.1, -0.05) is 105 Å². The Morgan fingerprint density at radius 2 is 0.875 bits per heavy atom. The number of rotatable bonds is 26. The van der Waals surface area contributed by atoms with Crippen LogP contribution in [0.15, 0.2) is 0 Å². The molecule has 0 heterocycles. The minimum absolute atomic E-state index is 0.303. The summed E-state index contributed by atoms with van der Waals surface area (Å²) in [5, 5.41) is 0. The van der Waals surface area contributed by atoms with Gasteiger partial charge in [-0.3, -0.25) is 0 Å². The van der Waals surface area contributed by atoms with Crippen molar-refractivity contribution in [2.24, 2.45) is 11.7 Å². The number of hydrogen-bond acceptors (Lipinski definition) is 4. The number of unbranched alkanes of at least 4 members (excludes halogenated alkanes) is 11. The molecule has 1 atom stereocenters. The molecular weight excluding hydrogens is 398 g/mol. The van der Waals surface area contributed by atoms with Crippen molar-refractivity contribution in [2.45, 2.75) is 149 Å². The molecule has 32 heavy (non-hydrogen) atoms. The summed E-state index contributed by atoms with van der Waals surface area (Å²) >= 11 is 0. The topological polar surface area (TPSA) is 53.7 Å². The van der Waals surface area contributed by atoms with Crippen LogP contribution in [0.3, 0.4) is 0 Å². The van der Waals surface area contributed by atoms with Gasteiger partial charge in [-0.05, 0) is 45.1 Å². The van der Waals surface area contributed by atoms with Crippen LogP contribution < -0.4 is 5.73 Å². The summed E-state index contributed by atoms with van der Waals surface area (Å²) in [6.45, 7) is 11.9. The van der Waals surface area contributed by atoms with Crippen molar-refractivity contribution in [3.8, 4) is 0 Å². The zero-order chi connectivity index (χ0) is 23.8. The zero-order valence-corrected chi connectivity index (χ0v) is 22.4. The van der Waals surface area contributed by atoms with Crippen LogP contribution in [0, 0.1) is 5.92 Å². The fourth-order valence-electron chi connectivity index (χ4n) is 4.11. The fourth-order valence-corrected chi connectivity index (χ4v) is 4.11. The maximum Gasteiger partial charge on any atom is 0.285 e. The van der Waals surface area contributed by atoms with E-state index in [0.29, 0.717) is 5.92 Å². The van der Waals surface area contributed by atoms with Crippen LogP contribution in [0.4, 0.5) is 0 Å². The van der Waals surface area contributed by atoms with E-state index < -0.39 is 5.97 Å². The second-order valence-electron chi connectivity index (χ2n) is 9.45. The molecule has 0 aliphatic heterocycles. The first-order valence-corrected chi connectivity index (χ1v) is 14.3. The highest BCUT2D eigenvalue weighted by molar-refractivity contribution is 4.74. The van der Waals surface area contributed by atoms with Gasteiger partial charge in [0.05, 0.1) is 19.8 Å². The first-order valence-electron chi connectivity index (χ1n) is 14.3. The van der Waals surface area contributed by atoms with Crippen molar-refractivity contribution < 1.29 is 14.2 Å². The van der Waals surface area contributed by atoms with E-state index in [1.807, 2.05) is 0 Å². The molecule has 0 aromatic carbocycles. The van der Waals surface area contributed by atoms with Gasteiger partial charge >= 0.3 is 0 Å². The van der Waals surface area contributed by atoms with Crippen molar-refractivity contribution in [3.63, 3.8) is 0 Å². The van der Waals surface area contributed by atoms with Gasteiger partial charge in [0.15, 0.2) is 0 Å². The van der Waals surface area contributed by atoms with Crippen LogP contribution in [0.1, 0.15) is 143 Å². The average molecular weight is 458 g/mol. The molecule has 0 aliphatic rings. The molecule has 1 unspecified atom stereocenters. The first kappa shape index (κ1) is 31.8. The molecule has 0 aliphatic carbocycles. The second-order valence-corrected chi connectivity index (χ2v) is 9.45. The Kier molecular flexibility index (Phi) is 23.9. The van der Waals surface area contributed by atoms with E-state index in [1.165, 1.54) is 57.8 Å². The highest BCUT2D eigenvalue weighted by atomic mass is 16.9. The molecule has 0 bridgehead atoms. The van der Waals surface area contributed by atoms with Gasteiger partial charge in [-0.15, -0.1) is 0 Å². The third-order valence-corrected chi connectivity index (χ3v) is 6.32. The quantitative estimate of drug-likeness (QED) is 0.105. The minimum atomic E-state index is -0.864. The smallest absolute Gasteiger partial charge is 0.285 e. The summed E-state index contributed by atoms with van der Waals surface area (Å²) in [6.07, 6.45) is 21.5. The molecule has 0 aromatic heterocycles. The van der Waals surface area contributed by atoms with Crippen LogP contribution in [-0.4, -0.2) is 32.3 Å². The summed E-state index contributed by atoms with van der Waals surface area (Å²) < 4.78 is 19.6. The predicted molar refractivity (Wildman–Crippen MR) is 139 cm³/mol. The molecule has 0 saturated carbocycles. The Morgan fingerprint density at radius 1 is 0.500 bits per heavy atom. The SMILES string of the molecule is CCCCCCCCC(CCCCCCN)C(OCCCC)(OCCCC)OCCCC. The fraction of sp³-hybridized carbons (Fsp3) is 1.00. The maximum atomic E-state index is 6.53. The van der Waals surface area contributed by atoms with Crippen molar-refractivity contribution in [3.05, 3.63) is 0 Å². The molecule has 0 saturated heterocycles. The van der Waals surface area contributed by atoms with E-state index in [4.69, 9.17) is 19.9 Å². The van der Waals surface area contributed by atoms with E-state index in [9.17, 15) is 0 Å². The summed E-state index contributed by atoms with van der Waals surface area (Å²) in [5.41, 5.74) is 5.70. The Hall–Kier alpha value is -0.160. The molecule has 0 rings (SSSR count). The van der Waals surface area contributed by atoms with Gasteiger partial charge in [-0.2, -0.15) is 0 Å². The van der Waals surface area contributed by atoms with E-state index in [1.54, 1.807) is 0 Å². The molecule has 0 radical (unpaired) electrons. The minimum Gasteiger partial charge on any atom is -0.330 e. The molecule has 194 valence electrons. The normalized spacial score (nSPS) is 13.0. The third kappa shape index (κ3) is 16.5. The van der Waals surface area contributed by atoms with Gasteiger partial charge in [0.2, 0.25) is 0 Å². The molecule has 2 N–H and O–H groups in total. The van der Waals surface area contributed by atoms with Crippen LogP contribution in [-0.2, 0) is 14.2 Å². The number of hydrogen-bond donors (Lipinski definition) is 1. The van der Waals surface area contributed by atoms with Crippen molar-refractivity contribution in [1.29, 1.82) is 0 Å². The average Bonchev–Trinajstić information content (AvgIpc) is 2.80. The second kappa shape index (κ2) is 24.0. The highest BCUT2D eigenvalue weighted by Crippen LogP contribution is 2.35. The van der Waals surface area contributed by atoms with Gasteiger partial charge in [0.25, 0.3) is 5.97 Å². The number of ether oxygens (including phenoxy) is 3. The Bertz CT molecular complexity index is 338. The summed E-state index contributed by atoms with van der Waals surface area (Å²) in [6, 6.07) is 0. The third-order valence-electron chi connectivity index (χ3n) is 6.32. The van der Waals surface area contributed by atoms with Gasteiger partial charge in [0.1, 0.15) is 0 Å². The number of nitrogens with two attached hydrogens (primary N) is 1. The molecular formula is C28H59NO3. The summed E-state index contributed by atoms with van der Waals surface area (Å²) in [7, 11) is 0. The lowest BCUT2D eigenvalue weighted by Crippen LogP contribution is -2.47. The Morgan fingerprint density at radius 3 is 1.28 bits per heavy atom. The van der Waals surface area contributed by atoms with E-state index in [0.717, 1.165) is 84.2 Å². The van der Waals surface area contributed by atoms with E-state index in [2.05, 4.69) is 27.7 Å². The lowest BCUT2D eigenvalue weighted by atomic mass is 9.91. The monoisotopic (exact) mass is 457 g/mol. The van der Waals surface area contributed by atoms with Crippen molar-refractivity contribution in [1.82, 2.24) is 0 Å². The lowest BCUT2D eigenvalue weighted by Gasteiger charge is -2.40.